The number of phenols is 1. The number of phenolic OH excluding ortho intramolecular Hbond substituents is 1. The van der Waals surface area contributed by atoms with Gasteiger partial charge in [-0.15, -0.1) is 0 Å². The lowest BCUT2D eigenvalue weighted by molar-refractivity contribution is -0.385. The van der Waals surface area contributed by atoms with Crippen LogP contribution in [0, 0.1) is 10.1 Å². The van der Waals surface area contributed by atoms with Crippen molar-refractivity contribution in [2.45, 2.75) is 0 Å². The van der Waals surface area contributed by atoms with Crippen LogP contribution in [0.2, 0.25) is 5.02 Å². The van der Waals surface area contributed by atoms with Crippen LogP contribution in [0.1, 0.15) is 10.4 Å². The van der Waals surface area contributed by atoms with E-state index in [1.165, 1.54) is 7.11 Å². The Morgan fingerprint density at radius 2 is 1.95 bits per heavy atom. The zero-order chi connectivity index (χ0) is 16.3. The number of carbonyl (C=O) groups is 1. The van der Waals surface area contributed by atoms with Crippen LogP contribution in [0.4, 0.5) is 11.4 Å². The van der Waals surface area contributed by atoms with Crippen molar-refractivity contribution in [1.82, 2.24) is 0 Å². The van der Waals surface area contributed by atoms with Crippen LogP contribution in [-0.2, 0) is 0 Å². The highest BCUT2D eigenvalue weighted by Crippen LogP contribution is 2.33. The first-order chi connectivity index (χ1) is 10.4. The zero-order valence-corrected chi connectivity index (χ0v) is 12.1. The Morgan fingerprint density at radius 3 is 2.50 bits per heavy atom. The van der Waals surface area contributed by atoms with E-state index in [9.17, 15) is 20.0 Å². The molecule has 0 aliphatic carbocycles. The monoisotopic (exact) mass is 322 g/mol. The maximum atomic E-state index is 12.1. The summed E-state index contributed by atoms with van der Waals surface area (Å²) < 4.78 is 4.99. The lowest BCUT2D eigenvalue weighted by Gasteiger charge is -2.08. The molecule has 2 aromatic carbocycles. The molecule has 0 radical (unpaired) electrons. The second-order valence-electron chi connectivity index (χ2n) is 4.26. The summed E-state index contributed by atoms with van der Waals surface area (Å²) in [6.07, 6.45) is 0. The van der Waals surface area contributed by atoms with Crippen LogP contribution in [0.15, 0.2) is 36.4 Å². The number of benzene rings is 2. The quantitative estimate of drug-likeness (QED) is 0.664. The summed E-state index contributed by atoms with van der Waals surface area (Å²) in [6.45, 7) is 0. The number of methoxy groups -OCH3 is 1. The molecule has 0 atom stereocenters. The van der Waals surface area contributed by atoms with Crippen molar-refractivity contribution >= 4 is 28.9 Å². The van der Waals surface area contributed by atoms with Gasteiger partial charge in [0.1, 0.15) is 5.75 Å². The van der Waals surface area contributed by atoms with Crippen molar-refractivity contribution in [3.05, 3.63) is 57.1 Å². The predicted octanol–water partition coefficient (Wildman–Crippen LogP) is 3.21. The average Bonchev–Trinajstić information content (AvgIpc) is 2.49. The topological polar surface area (TPSA) is 102 Å². The van der Waals surface area contributed by atoms with E-state index in [-0.39, 0.29) is 10.6 Å². The highest BCUT2D eigenvalue weighted by molar-refractivity contribution is 6.31. The minimum Gasteiger partial charge on any atom is -0.502 e. The molecule has 0 aromatic heterocycles. The summed E-state index contributed by atoms with van der Waals surface area (Å²) in [5, 5.41) is 23.1. The Morgan fingerprint density at radius 1 is 1.32 bits per heavy atom. The lowest BCUT2D eigenvalue weighted by Crippen LogP contribution is -2.12. The minimum atomic E-state index is -0.814. The molecule has 114 valence electrons. The molecule has 2 rings (SSSR count). The molecule has 0 bridgehead atoms. The molecule has 0 aliphatic rings. The van der Waals surface area contributed by atoms with Gasteiger partial charge in [-0.25, -0.2) is 0 Å². The van der Waals surface area contributed by atoms with Crippen LogP contribution in [0.3, 0.4) is 0 Å². The van der Waals surface area contributed by atoms with Gasteiger partial charge in [-0.1, -0.05) is 11.6 Å². The minimum absolute atomic E-state index is 0.0237. The van der Waals surface area contributed by atoms with Gasteiger partial charge in [0.15, 0.2) is 0 Å². The number of ether oxygens (including phenoxy) is 1. The Balaban J connectivity index is 2.30. The number of aromatic hydroxyl groups is 1. The first-order valence-corrected chi connectivity index (χ1v) is 6.42. The molecule has 0 spiro atoms. The lowest BCUT2D eigenvalue weighted by atomic mass is 10.1. The Bertz CT molecular complexity index is 731. The predicted molar refractivity (Wildman–Crippen MR) is 80.7 cm³/mol. The van der Waals surface area contributed by atoms with Gasteiger partial charge in [-0.05, 0) is 30.3 Å². The third kappa shape index (κ3) is 3.26. The van der Waals surface area contributed by atoms with Crippen molar-refractivity contribution in [1.29, 1.82) is 0 Å². The van der Waals surface area contributed by atoms with Crippen molar-refractivity contribution < 1.29 is 19.6 Å². The van der Waals surface area contributed by atoms with Gasteiger partial charge in [0, 0.05) is 16.8 Å². The van der Waals surface area contributed by atoms with Gasteiger partial charge < -0.3 is 15.2 Å². The second-order valence-corrected chi connectivity index (χ2v) is 4.70. The molecule has 0 heterocycles. The Hall–Kier alpha value is -2.80. The number of anilines is 1. The summed E-state index contributed by atoms with van der Waals surface area (Å²) in [4.78, 5) is 22.1. The van der Waals surface area contributed by atoms with Gasteiger partial charge >= 0.3 is 5.69 Å². The van der Waals surface area contributed by atoms with Gasteiger partial charge in [0.25, 0.3) is 5.91 Å². The third-order valence-electron chi connectivity index (χ3n) is 2.84. The average molecular weight is 323 g/mol. The first kappa shape index (κ1) is 15.6. The number of hydrogen-bond acceptors (Lipinski definition) is 5. The summed E-state index contributed by atoms with van der Waals surface area (Å²) in [6, 6.07) is 8.58. The SMILES string of the molecule is COc1ccc(NC(=O)c2cc(Cl)cc([N+](=O)[O-])c2O)cc1. The third-order valence-corrected chi connectivity index (χ3v) is 3.06. The number of carbonyl (C=O) groups excluding carboxylic acids is 1. The number of nitro benzene ring substituents is 1. The van der Waals surface area contributed by atoms with Crippen LogP contribution in [0.25, 0.3) is 0 Å². The summed E-state index contributed by atoms with van der Waals surface area (Å²) in [5.41, 5.74) is -0.477. The van der Waals surface area contributed by atoms with E-state index in [2.05, 4.69) is 5.32 Å². The smallest absolute Gasteiger partial charge is 0.313 e. The van der Waals surface area contributed by atoms with E-state index in [1.54, 1.807) is 24.3 Å². The molecule has 2 aromatic rings. The molecular weight excluding hydrogens is 312 g/mol. The molecule has 0 aliphatic heterocycles. The van der Waals surface area contributed by atoms with E-state index in [0.717, 1.165) is 12.1 Å². The van der Waals surface area contributed by atoms with Crippen LogP contribution >= 0.6 is 11.6 Å². The molecule has 1 amide bonds. The number of amides is 1. The van der Waals surface area contributed by atoms with Gasteiger partial charge in [-0.3, -0.25) is 14.9 Å². The maximum Gasteiger partial charge on any atom is 0.313 e. The second kappa shape index (κ2) is 6.31. The van der Waals surface area contributed by atoms with Crippen LogP contribution in [0.5, 0.6) is 11.5 Å². The number of hydrogen-bond donors (Lipinski definition) is 2. The van der Waals surface area contributed by atoms with Crippen molar-refractivity contribution in [3.8, 4) is 11.5 Å². The standard InChI is InChI=1S/C14H11ClN2O5/c1-22-10-4-2-9(3-5-10)16-14(19)11-6-8(15)7-12(13(11)18)17(20)21/h2-7,18H,1H3,(H,16,19). The molecule has 8 heteroatoms. The molecule has 0 saturated heterocycles. The molecule has 0 saturated carbocycles. The molecule has 22 heavy (non-hydrogen) atoms. The fourth-order valence-corrected chi connectivity index (χ4v) is 1.98. The molecule has 2 N–H and O–H groups in total. The Labute approximate surface area is 130 Å². The largest absolute Gasteiger partial charge is 0.502 e. The Kier molecular flexibility index (Phi) is 4.47. The van der Waals surface area contributed by atoms with Crippen molar-refractivity contribution in [2.24, 2.45) is 0 Å². The summed E-state index contributed by atoms with van der Waals surface area (Å²) in [7, 11) is 1.51. The highest BCUT2D eigenvalue weighted by atomic mass is 35.5. The fraction of sp³-hybridized carbons (Fsp3) is 0.0714. The van der Waals surface area contributed by atoms with Gasteiger partial charge in [0.2, 0.25) is 5.75 Å². The number of nitrogens with zero attached hydrogens (tertiary/aromatic N) is 1. The molecule has 7 nitrogen and oxygen atoms in total. The van der Waals surface area contributed by atoms with Crippen molar-refractivity contribution in [3.63, 3.8) is 0 Å². The summed E-state index contributed by atoms with van der Waals surface area (Å²) in [5.74, 6) is -0.840. The molecule has 0 fully saturated rings. The molecule has 0 unspecified atom stereocenters. The number of nitrogens with one attached hydrogen (secondary N) is 1. The molecular formula is C14H11ClN2O5. The number of nitro groups is 1. The number of halogens is 1. The van der Waals surface area contributed by atoms with Crippen molar-refractivity contribution in [2.75, 3.05) is 12.4 Å². The zero-order valence-electron chi connectivity index (χ0n) is 11.4. The van der Waals surface area contributed by atoms with E-state index in [0.29, 0.717) is 11.4 Å². The first-order valence-electron chi connectivity index (χ1n) is 6.04. The van der Waals surface area contributed by atoms with E-state index in [4.69, 9.17) is 16.3 Å². The van der Waals surface area contributed by atoms with E-state index in [1.807, 2.05) is 0 Å². The normalized spacial score (nSPS) is 10.1. The highest BCUT2D eigenvalue weighted by Gasteiger charge is 2.23. The van der Waals surface area contributed by atoms with E-state index >= 15 is 0 Å². The van der Waals surface area contributed by atoms with Crippen LogP contribution < -0.4 is 10.1 Å². The maximum absolute atomic E-state index is 12.1. The van der Waals surface area contributed by atoms with Gasteiger partial charge in [-0.2, -0.15) is 0 Å². The van der Waals surface area contributed by atoms with E-state index < -0.39 is 22.3 Å². The number of rotatable bonds is 4. The summed E-state index contributed by atoms with van der Waals surface area (Å²) >= 11 is 5.74. The fourth-order valence-electron chi connectivity index (χ4n) is 1.77. The van der Waals surface area contributed by atoms with Gasteiger partial charge in [0.05, 0.1) is 17.6 Å². The van der Waals surface area contributed by atoms with Crippen LogP contribution in [-0.4, -0.2) is 23.0 Å².